The van der Waals surface area contributed by atoms with E-state index < -0.39 is 11.6 Å². The van der Waals surface area contributed by atoms with Crippen molar-refractivity contribution in [2.24, 2.45) is 5.73 Å². The number of rotatable bonds is 6. The average molecular weight is 256 g/mol. The highest BCUT2D eigenvalue weighted by Gasteiger charge is 2.06. The molecule has 0 aliphatic heterocycles. The first-order valence-corrected chi connectivity index (χ1v) is 5.95. The van der Waals surface area contributed by atoms with Crippen LogP contribution < -0.4 is 11.1 Å². The second-order valence-corrected chi connectivity index (χ2v) is 4.38. The molecule has 5 heteroatoms. The van der Waals surface area contributed by atoms with E-state index in [2.05, 4.69) is 5.32 Å². The summed E-state index contributed by atoms with van der Waals surface area (Å²) < 4.78 is 25.9. The number of hydrogen-bond acceptors (Lipinski definition) is 2. The zero-order valence-corrected chi connectivity index (χ0v) is 10.4. The number of nitrogens with two attached hydrogens (primary N) is 1. The molecule has 0 aliphatic rings. The molecular formula is C13H18F2N2O. The molecule has 3 N–H and O–H groups in total. The molecule has 1 atom stereocenters. The first-order chi connectivity index (χ1) is 8.49. The van der Waals surface area contributed by atoms with Gasteiger partial charge in [0.05, 0.1) is 0 Å². The monoisotopic (exact) mass is 256 g/mol. The lowest BCUT2D eigenvalue weighted by atomic mass is 10.1. The summed E-state index contributed by atoms with van der Waals surface area (Å²) in [5.41, 5.74) is 5.84. The number of carbonyl (C=O) groups is 1. The van der Waals surface area contributed by atoms with Crippen molar-refractivity contribution in [3.05, 3.63) is 35.4 Å². The van der Waals surface area contributed by atoms with E-state index in [-0.39, 0.29) is 24.1 Å². The maximum Gasteiger partial charge on any atom is 0.220 e. The molecule has 0 bridgehead atoms. The number of benzene rings is 1. The van der Waals surface area contributed by atoms with Gasteiger partial charge < -0.3 is 11.1 Å². The van der Waals surface area contributed by atoms with Crippen molar-refractivity contribution in [2.45, 2.75) is 38.8 Å². The van der Waals surface area contributed by atoms with Gasteiger partial charge in [0, 0.05) is 30.6 Å². The summed E-state index contributed by atoms with van der Waals surface area (Å²) in [4.78, 5) is 11.4. The van der Waals surface area contributed by atoms with Gasteiger partial charge in [0.2, 0.25) is 5.91 Å². The molecule has 0 saturated carbocycles. The lowest BCUT2D eigenvalue weighted by molar-refractivity contribution is -0.121. The summed E-state index contributed by atoms with van der Waals surface area (Å²) in [6.07, 6.45) is 1.85. The van der Waals surface area contributed by atoms with Crippen LogP contribution in [0.3, 0.4) is 0 Å². The molecule has 0 fully saturated rings. The Morgan fingerprint density at radius 1 is 1.44 bits per heavy atom. The zero-order chi connectivity index (χ0) is 13.5. The van der Waals surface area contributed by atoms with E-state index in [4.69, 9.17) is 5.73 Å². The highest BCUT2D eigenvalue weighted by molar-refractivity contribution is 5.75. The second-order valence-electron chi connectivity index (χ2n) is 4.38. The van der Waals surface area contributed by atoms with Gasteiger partial charge in [-0.3, -0.25) is 4.79 Å². The molecular weight excluding hydrogens is 238 g/mol. The number of nitrogens with one attached hydrogen (secondary N) is 1. The zero-order valence-electron chi connectivity index (χ0n) is 10.4. The van der Waals surface area contributed by atoms with E-state index in [0.29, 0.717) is 12.8 Å². The van der Waals surface area contributed by atoms with Crippen LogP contribution in [0, 0.1) is 11.6 Å². The SMILES string of the molecule is CC(N)CCCC(=O)NCc1ccc(F)cc1F. The summed E-state index contributed by atoms with van der Waals surface area (Å²) in [6, 6.07) is 3.37. The topological polar surface area (TPSA) is 55.1 Å². The van der Waals surface area contributed by atoms with Gasteiger partial charge in [0.15, 0.2) is 0 Å². The standard InChI is InChI=1S/C13H18F2N2O/c1-9(16)3-2-4-13(18)17-8-10-5-6-11(14)7-12(10)15/h5-7,9H,2-4,8,16H2,1H3,(H,17,18). The van der Waals surface area contributed by atoms with Crippen LogP contribution in [0.25, 0.3) is 0 Å². The van der Waals surface area contributed by atoms with Crippen LogP contribution in [-0.4, -0.2) is 11.9 Å². The molecule has 1 rings (SSSR count). The largest absolute Gasteiger partial charge is 0.352 e. The summed E-state index contributed by atoms with van der Waals surface area (Å²) in [5.74, 6) is -1.43. The minimum absolute atomic E-state index is 0.0725. The van der Waals surface area contributed by atoms with Crippen LogP contribution in [0.2, 0.25) is 0 Å². The van der Waals surface area contributed by atoms with Gasteiger partial charge in [-0.05, 0) is 25.8 Å². The molecule has 1 aromatic carbocycles. The predicted molar refractivity (Wildman–Crippen MR) is 65.7 cm³/mol. The molecule has 0 aromatic heterocycles. The van der Waals surface area contributed by atoms with Crippen molar-refractivity contribution < 1.29 is 13.6 Å². The molecule has 1 unspecified atom stereocenters. The summed E-state index contributed by atoms with van der Waals surface area (Å²) in [5, 5.41) is 2.59. The third-order valence-corrected chi connectivity index (χ3v) is 2.55. The van der Waals surface area contributed by atoms with Gasteiger partial charge in [0.1, 0.15) is 11.6 Å². The lowest BCUT2D eigenvalue weighted by Gasteiger charge is -2.07. The molecule has 0 spiro atoms. The van der Waals surface area contributed by atoms with Crippen molar-refractivity contribution in [2.75, 3.05) is 0 Å². The number of halogens is 2. The Balaban J connectivity index is 2.33. The van der Waals surface area contributed by atoms with E-state index in [9.17, 15) is 13.6 Å². The second kappa shape index (κ2) is 7.06. The van der Waals surface area contributed by atoms with Gasteiger partial charge in [0.25, 0.3) is 0 Å². The van der Waals surface area contributed by atoms with E-state index in [1.54, 1.807) is 0 Å². The minimum Gasteiger partial charge on any atom is -0.352 e. The quantitative estimate of drug-likeness (QED) is 0.819. The van der Waals surface area contributed by atoms with E-state index in [1.165, 1.54) is 12.1 Å². The number of hydrogen-bond donors (Lipinski definition) is 2. The van der Waals surface area contributed by atoms with Crippen LogP contribution in [0.4, 0.5) is 8.78 Å². The van der Waals surface area contributed by atoms with Crippen LogP contribution in [0.15, 0.2) is 18.2 Å². The fraction of sp³-hybridized carbons (Fsp3) is 0.462. The Bertz CT molecular complexity index is 408. The highest BCUT2D eigenvalue weighted by Crippen LogP contribution is 2.09. The Hall–Kier alpha value is -1.49. The Morgan fingerprint density at radius 3 is 2.78 bits per heavy atom. The van der Waals surface area contributed by atoms with Crippen LogP contribution >= 0.6 is 0 Å². The fourth-order valence-corrected chi connectivity index (χ4v) is 1.53. The Morgan fingerprint density at radius 2 is 2.17 bits per heavy atom. The Labute approximate surface area is 105 Å². The van der Waals surface area contributed by atoms with Crippen LogP contribution in [0.5, 0.6) is 0 Å². The molecule has 0 radical (unpaired) electrons. The molecule has 0 saturated heterocycles. The molecule has 0 aliphatic carbocycles. The summed E-state index contributed by atoms with van der Waals surface area (Å²) in [7, 11) is 0. The van der Waals surface area contributed by atoms with Crippen molar-refractivity contribution >= 4 is 5.91 Å². The predicted octanol–water partition coefficient (Wildman–Crippen LogP) is 2.10. The summed E-state index contributed by atoms with van der Waals surface area (Å²) in [6.45, 7) is 1.95. The Kier molecular flexibility index (Phi) is 5.71. The molecule has 1 amide bonds. The van der Waals surface area contributed by atoms with Crippen molar-refractivity contribution in [1.29, 1.82) is 0 Å². The smallest absolute Gasteiger partial charge is 0.220 e. The molecule has 0 heterocycles. The highest BCUT2D eigenvalue weighted by atomic mass is 19.1. The number of amides is 1. The van der Waals surface area contributed by atoms with E-state index in [1.807, 2.05) is 6.92 Å². The third kappa shape index (κ3) is 5.23. The molecule has 18 heavy (non-hydrogen) atoms. The van der Waals surface area contributed by atoms with Crippen LogP contribution in [0.1, 0.15) is 31.7 Å². The van der Waals surface area contributed by atoms with Gasteiger partial charge in [-0.25, -0.2) is 8.78 Å². The van der Waals surface area contributed by atoms with Gasteiger partial charge >= 0.3 is 0 Å². The first kappa shape index (κ1) is 14.6. The van der Waals surface area contributed by atoms with E-state index in [0.717, 1.165) is 12.5 Å². The van der Waals surface area contributed by atoms with Gasteiger partial charge in [-0.1, -0.05) is 6.07 Å². The first-order valence-electron chi connectivity index (χ1n) is 5.95. The minimum atomic E-state index is -0.647. The lowest BCUT2D eigenvalue weighted by Crippen LogP contribution is -2.24. The molecule has 1 aromatic rings. The maximum absolute atomic E-state index is 13.3. The molecule has 3 nitrogen and oxygen atoms in total. The van der Waals surface area contributed by atoms with Gasteiger partial charge in [-0.2, -0.15) is 0 Å². The maximum atomic E-state index is 13.3. The van der Waals surface area contributed by atoms with Crippen molar-refractivity contribution in [3.8, 4) is 0 Å². The van der Waals surface area contributed by atoms with Crippen molar-refractivity contribution in [1.82, 2.24) is 5.32 Å². The average Bonchev–Trinajstić information content (AvgIpc) is 2.27. The molecule has 100 valence electrons. The summed E-state index contributed by atoms with van der Waals surface area (Å²) >= 11 is 0. The van der Waals surface area contributed by atoms with Crippen LogP contribution in [-0.2, 0) is 11.3 Å². The normalized spacial score (nSPS) is 12.2. The van der Waals surface area contributed by atoms with Gasteiger partial charge in [-0.15, -0.1) is 0 Å². The van der Waals surface area contributed by atoms with E-state index >= 15 is 0 Å². The fourth-order valence-electron chi connectivity index (χ4n) is 1.53. The number of carbonyl (C=O) groups excluding carboxylic acids is 1. The third-order valence-electron chi connectivity index (χ3n) is 2.55. The van der Waals surface area contributed by atoms with Crippen molar-refractivity contribution in [3.63, 3.8) is 0 Å².